The van der Waals surface area contributed by atoms with Crippen LogP contribution in [0.4, 0.5) is 16.2 Å². The maximum absolute atomic E-state index is 11.6. The first-order valence-corrected chi connectivity index (χ1v) is 7.54. The molecule has 0 aliphatic carbocycles. The molecule has 0 radical (unpaired) electrons. The van der Waals surface area contributed by atoms with Crippen molar-refractivity contribution in [3.8, 4) is 0 Å². The Morgan fingerprint density at radius 3 is 2.33 bits per heavy atom. The number of hydrogen-bond donors (Lipinski definition) is 2. The Bertz CT molecular complexity index is 777. The van der Waals surface area contributed by atoms with Crippen LogP contribution in [0, 0.1) is 6.92 Å². The van der Waals surface area contributed by atoms with Crippen molar-refractivity contribution in [2.45, 2.75) is 6.92 Å². The third kappa shape index (κ3) is 5.57. The Morgan fingerprint density at radius 1 is 1.00 bits per heavy atom. The molecular weight excluding hydrogens is 353 g/mol. The minimum Gasteiger partial charge on any atom is -0.321 e. The van der Waals surface area contributed by atoms with Crippen LogP contribution in [-0.4, -0.2) is 18.2 Å². The maximum Gasteiger partial charge on any atom is 0.437 e. The average molecular weight is 366 g/mol. The van der Waals surface area contributed by atoms with E-state index < -0.39 is 12.0 Å². The number of nitrogens with zero attached hydrogens (tertiary/aromatic N) is 1. The van der Waals surface area contributed by atoms with Gasteiger partial charge in [0.25, 0.3) is 5.91 Å². The highest BCUT2D eigenvalue weighted by Gasteiger charge is 2.05. The molecule has 6 nitrogen and oxygen atoms in total. The van der Waals surface area contributed by atoms with E-state index in [0.29, 0.717) is 16.4 Å². The van der Waals surface area contributed by atoms with Gasteiger partial charge in [-0.25, -0.2) is 4.79 Å². The van der Waals surface area contributed by atoms with E-state index in [1.807, 2.05) is 19.1 Å². The SMILES string of the molecule is Cc1ccc(NC(=O)/C=N\OC(=O)Nc2ccc(Cl)c(Cl)c2)cc1. The van der Waals surface area contributed by atoms with E-state index in [9.17, 15) is 9.59 Å². The largest absolute Gasteiger partial charge is 0.437 e. The Morgan fingerprint density at radius 2 is 1.67 bits per heavy atom. The van der Waals surface area contributed by atoms with E-state index in [-0.39, 0.29) is 5.02 Å². The number of halogens is 2. The van der Waals surface area contributed by atoms with Crippen LogP contribution in [0.25, 0.3) is 0 Å². The number of anilines is 2. The highest BCUT2D eigenvalue weighted by atomic mass is 35.5. The van der Waals surface area contributed by atoms with Gasteiger partial charge in [-0.1, -0.05) is 46.1 Å². The van der Waals surface area contributed by atoms with Crippen LogP contribution in [0.5, 0.6) is 0 Å². The molecule has 24 heavy (non-hydrogen) atoms. The molecule has 0 aromatic heterocycles. The fourth-order valence-corrected chi connectivity index (χ4v) is 1.95. The van der Waals surface area contributed by atoms with Gasteiger partial charge in [-0.05, 0) is 37.3 Å². The number of benzene rings is 2. The van der Waals surface area contributed by atoms with Crippen molar-refractivity contribution in [1.82, 2.24) is 0 Å². The molecule has 0 saturated heterocycles. The molecule has 2 amide bonds. The van der Waals surface area contributed by atoms with Crippen LogP contribution in [0.3, 0.4) is 0 Å². The molecule has 0 fully saturated rings. The van der Waals surface area contributed by atoms with Gasteiger partial charge in [0.1, 0.15) is 6.21 Å². The molecule has 2 N–H and O–H groups in total. The standard InChI is InChI=1S/C16H13Cl2N3O3/c1-10-2-4-11(5-3-10)20-15(22)9-19-24-16(23)21-12-6-7-13(17)14(18)8-12/h2-9H,1H3,(H,20,22)(H,21,23)/b19-9-. The van der Waals surface area contributed by atoms with E-state index in [1.165, 1.54) is 12.1 Å². The second-order valence-electron chi connectivity index (χ2n) is 4.72. The third-order valence-corrected chi connectivity index (χ3v) is 3.53. The number of carbonyl (C=O) groups is 2. The fraction of sp³-hybridized carbons (Fsp3) is 0.0625. The lowest BCUT2D eigenvalue weighted by molar-refractivity contribution is -0.110. The van der Waals surface area contributed by atoms with Crippen molar-refractivity contribution in [2.24, 2.45) is 5.16 Å². The first-order chi connectivity index (χ1) is 11.4. The van der Waals surface area contributed by atoms with Crippen LogP contribution in [-0.2, 0) is 9.63 Å². The topological polar surface area (TPSA) is 79.8 Å². The number of amides is 2. The monoisotopic (exact) mass is 365 g/mol. The van der Waals surface area contributed by atoms with E-state index in [1.54, 1.807) is 18.2 Å². The predicted molar refractivity (Wildman–Crippen MR) is 94.9 cm³/mol. The molecule has 0 aliphatic rings. The first-order valence-electron chi connectivity index (χ1n) is 6.78. The second kappa shape index (κ2) is 8.33. The van der Waals surface area contributed by atoms with Gasteiger partial charge in [-0.15, -0.1) is 0 Å². The number of hydrogen-bond acceptors (Lipinski definition) is 4. The molecule has 0 heterocycles. The van der Waals surface area contributed by atoms with Crippen molar-refractivity contribution in [3.05, 3.63) is 58.1 Å². The summed E-state index contributed by atoms with van der Waals surface area (Å²) in [4.78, 5) is 27.7. The minimum atomic E-state index is -0.868. The molecule has 0 unspecified atom stereocenters. The van der Waals surface area contributed by atoms with E-state index in [4.69, 9.17) is 23.2 Å². The van der Waals surface area contributed by atoms with Crippen LogP contribution in [0.1, 0.15) is 5.56 Å². The maximum atomic E-state index is 11.6. The molecule has 2 aromatic carbocycles. The third-order valence-electron chi connectivity index (χ3n) is 2.79. The first kappa shape index (κ1) is 17.8. The summed E-state index contributed by atoms with van der Waals surface area (Å²) < 4.78 is 0. The summed E-state index contributed by atoms with van der Waals surface area (Å²) in [6, 6.07) is 11.7. The Kier molecular flexibility index (Phi) is 6.17. The number of aryl methyl sites for hydroxylation is 1. The van der Waals surface area contributed by atoms with Crippen LogP contribution in [0.15, 0.2) is 47.6 Å². The van der Waals surface area contributed by atoms with Crippen molar-refractivity contribution in [3.63, 3.8) is 0 Å². The lowest BCUT2D eigenvalue weighted by Crippen LogP contribution is -2.15. The number of carbonyl (C=O) groups excluding carboxylic acids is 2. The molecule has 0 saturated carbocycles. The predicted octanol–water partition coefficient (Wildman–Crippen LogP) is 4.47. The van der Waals surface area contributed by atoms with E-state index in [0.717, 1.165) is 11.8 Å². The van der Waals surface area contributed by atoms with Crippen molar-refractivity contribution in [2.75, 3.05) is 10.6 Å². The molecule has 2 rings (SSSR count). The molecule has 2 aromatic rings. The average Bonchev–Trinajstić information content (AvgIpc) is 2.53. The Hall–Kier alpha value is -2.57. The zero-order valence-corrected chi connectivity index (χ0v) is 14.1. The van der Waals surface area contributed by atoms with Gasteiger partial charge < -0.3 is 5.32 Å². The summed E-state index contributed by atoms with van der Waals surface area (Å²) in [5, 5.41) is 8.93. The summed E-state index contributed by atoms with van der Waals surface area (Å²) in [7, 11) is 0. The lowest BCUT2D eigenvalue weighted by Gasteiger charge is -2.04. The Labute approximate surface area is 148 Å². The van der Waals surface area contributed by atoms with Gasteiger partial charge in [-0.2, -0.15) is 0 Å². The number of oxime groups is 1. The smallest absolute Gasteiger partial charge is 0.321 e. The number of rotatable bonds is 4. The van der Waals surface area contributed by atoms with Crippen LogP contribution in [0.2, 0.25) is 10.0 Å². The van der Waals surface area contributed by atoms with Crippen molar-refractivity contribution >= 4 is 52.8 Å². The van der Waals surface area contributed by atoms with Gasteiger partial charge in [-0.3, -0.25) is 14.9 Å². The highest BCUT2D eigenvalue weighted by Crippen LogP contribution is 2.24. The van der Waals surface area contributed by atoms with Gasteiger partial charge in [0, 0.05) is 11.4 Å². The lowest BCUT2D eigenvalue weighted by atomic mass is 10.2. The van der Waals surface area contributed by atoms with E-state index >= 15 is 0 Å². The quantitative estimate of drug-likeness (QED) is 0.476. The van der Waals surface area contributed by atoms with Crippen molar-refractivity contribution in [1.29, 1.82) is 0 Å². The Balaban J connectivity index is 1.81. The summed E-state index contributed by atoms with van der Waals surface area (Å²) in [6.45, 7) is 1.94. The molecule has 0 aliphatic heterocycles. The normalized spacial score (nSPS) is 10.5. The molecule has 0 spiro atoms. The van der Waals surface area contributed by atoms with Gasteiger partial charge >= 0.3 is 6.09 Å². The number of nitrogens with one attached hydrogen (secondary N) is 2. The molecule has 8 heteroatoms. The summed E-state index contributed by atoms with van der Waals surface area (Å²) in [6.07, 6.45) is -0.0124. The minimum absolute atomic E-state index is 0.287. The fourth-order valence-electron chi connectivity index (χ4n) is 1.65. The molecule has 0 bridgehead atoms. The van der Waals surface area contributed by atoms with Gasteiger partial charge in [0.15, 0.2) is 0 Å². The summed E-state index contributed by atoms with van der Waals surface area (Å²) >= 11 is 11.6. The zero-order chi connectivity index (χ0) is 17.5. The van der Waals surface area contributed by atoms with Crippen molar-refractivity contribution < 1.29 is 14.4 Å². The van der Waals surface area contributed by atoms with Gasteiger partial charge in [0.2, 0.25) is 0 Å². The second-order valence-corrected chi connectivity index (χ2v) is 5.54. The molecule has 124 valence electrons. The molecular formula is C16H13Cl2N3O3. The van der Waals surface area contributed by atoms with Crippen LogP contribution >= 0.6 is 23.2 Å². The van der Waals surface area contributed by atoms with Gasteiger partial charge in [0.05, 0.1) is 10.0 Å². The summed E-state index contributed by atoms with van der Waals surface area (Å²) in [5.74, 6) is -0.527. The molecule has 0 atom stereocenters. The summed E-state index contributed by atoms with van der Waals surface area (Å²) in [5.41, 5.74) is 2.06. The zero-order valence-electron chi connectivity index (χ0n) is 12.5. The van der Waals surface area contributed by atoms with Crippen LogP contribution < -0.4 is 10.6 Å². The van der Waals surface area contributed by atoms with E-state index in [2.05, 4.69) is 20.6 Å². The highest BCUT2D eigenvalue weighted by molar-refractivity contribution is 6.42.